The van der Waals surface area contributed by atoms with Crippen LogP contribution < -0.4 is 10.2 Å². The lowest BCUT2D eigenvalue weighted by Gasteiger charge is -2.19. The number of halogens is 2. The van der Waals surface area contributed by atoms with E-state index in [-0.39, 0.29) is 0 Å². The number of anilines is 3. The molecule has 0 spiro atoms. The van der Waals surface area contributed by atoms with E-state index in [0.29, 0.717) is 29.3 Å². The van der Waals surface area contributed by atoms with Gasteiger partial charge in [-0.1, -0.05) is 6.07 Å². The van der Waals surface area contributed by atoms with Crippen LogP contribution in [0.4, 0.5) is 26.5 Å². The molecule has 5 rings (SSSR count). The fourth-order valence-corrected chi connectivity index (χ4v) is 3.45. The van der Waals surface area contributed by atoms with Gasteiger partial charge in [0.2, 0.25) is 11.9 Å². The van der Waals surface area contributed by atoms with Crippen LogP contribution in [-0.2, 0) is 0 Å². The Balaban J connectivity index is 1.42. The molecule has 2 N–H and O–H groups in total. The van der Waals surface area contributed by atoms with Crippen LogP contribution in [0.15, 0.2) is 24.3 Å². The predicted molar refractivity (Wildman–Crippen MR) is 109 cm³/mol. The Morgan fingerprint density at radius 3 is 2.53 bits per heavy atom. The minimum Gasteiger partial charge on any atom is -0.347 e. The first kappa shape index (κ1) is 18.9. The molecule has 1 atom stereocenters. The molecule has 30 heavy (non-hydrogen) atoms. The standard InChI is InChI=1S/C21H23F2N7/c1-11(15-8-7-14(22)9-16(15)23)24-20-25-19(13-5-6-13)26-21(27-20)30(2)18-10-17(28-29-18)12-3-4-12/h7-13H,3-6H2,1-2H3,(H,28,29)(H,24,25,26,27). The van der Waals surface area contributed by atoms with Gasteiger partial charge in [-0.2, -0.15) is 20.1 Å². The SMILES string of the molecule is CC(Nc1nc(C2CC2)nc(N(C)c2cc(C3CC3)[nH]n2)n1)c1ccc(F)cc1F. The summed E-state index contributed by atoms with van der Waals surface area (Å²) in [7, 11) is 1.87. The monoisotopic (exact) mass is 411 g/mol. The van der Waals surface area contributed by atoms with E-state index in [1.165, 1.54) is 25.0 Å². The van der Waals surface area contributed by atoms with Crippen LogP contribution >= 0.6 is 0 Å². The molecular weight excluding hydrogens is 388 g/mol. The molecule has 7 nitrogen and oxygen atoms in total. The second kappa shape index (κ2) is 7.30. The summed E-state index contributed by atoms with van der Waals surface area (Å²) in [6, 6.07) is 5.15. The van der Waals surface area contributed by atoms with Gasteiger partial charge in [0.15, 0.2) is 5.82 Å². The fraction of sp³-hybridized carbons (Fsp3) is 0.429. The molecule has 9 heteroatoms. The highest BCUT2D eigenvalue weighted by Crippen LogP contribution is 2.41. The van der Waals surface area contributed by atoms with E-state index in [0.717, 1.165) is 36.2 Å². The van der Waals surface area contributed by atoms with Gasteiger partial charge in [-0.15, -0.1) is 0 Å². The smallest absolute Gasteiger partial charge is 0.235 e. The Bertz CT molecular complexity index is 1070. The Hall–Kier alpha value is -3.10. The second-order valence-electron chi connectivity index (χ2n) is 8.14. The van der Waals surface area contributed by atoms with Crippen molar-refractivity contribution in [2.24, 2.45) is 0 Å². The number of nitrogens with one attached hydrogen (secondary N) is 2. The highest BCUT2D eigenvalue weighted by Gasteiger charge is 2.30. The van der Waals surface area contributed by atoms with Gasteiger partial charge in [0.05, 0.1) is 6.04 Å². The molecule has 2 aliphatic rings. The highest BCUT2D eigenvalue weighted by molar-refractivity contribution is 5.53. The zero-order valence-corrected chi connectivity index (χ0v) is 16.9. The maximum atomic E-state index is 14.2. The zero-order valence-electron chi connectivity index (χ0n) is 16.9. The summed E-state index contributed by atoms with van der Waals surface area (Å²) < 4.78 is 27.4. The number of aromatic nitrogens is 5. The van der Waals surface area contributed by atoms with Gasteiger partial charge >= 0.3 is 0 Å². The average Bonchev–Trinajstić information content (AvgIpc) is 3.65. The van der Waals surface area contributed by atoms with Crippen LogP contribution in [0.5, 0.6) is 0 Å². The lowest BCUT2D eigenvalue weighted by atomic mass is 10.1. The molecule has 2 aromatic heterocycles. The first-order valence-electron chi connectivity index (χ1n) is 10.2. The molecule has 156 valence electrons. The third-order valence-electron chi connectivity index (χ3n) is 5.60. The van der Waals surface area contributed by atoms with Crippen molar-refractivity contribution in [1.29, 1.82) is 0 Å². The van der Waals surface area contributed by atoms with Gasteiger partial charge in [-0.3, -0.25) is 10.00 Å². The summed E-state index contributed by atoms with van der Waals surface area (Å²) in [5.41, 5.74) is 1.48. The van der Waals surface area contributed by atoms with E-state index >= 15 is 0 Å². The highest BCUT2D eigenvalue weighted by atomic mass is 19.1. The molecule has 0 aliphatic heterocycles. The van der Waals surface area contributed by atoms with Crippen molar-refractivity contribution in [3.63, 3.8) is 0 Å². The van der Waals surface area contributed by atoms with Crippen molar-refractivity contribution in [1.82, 2.24) is 25.1 Å². The van der Waals surface area contributed by atoms with Crippen LogP contribution in [0.3, 0.4) is 0 Å². The van der Waals surface area contributed by atoms with Gasteiger partial charge in [-0.25, -0.2) is 8.78 Å². The summed E-state index contributed by atoms with van der Waals surface area (Å²) in [5, 5.41) is 10.6. The van der Waals surface area contributed by atoms with E-state index in [4.69, 9.17) is 0 Å². The number of nitrogens with zero attached hydrogens (tertiary/aromatic N) is 5. The topological polar surface area (TPSA) is 82.6 Å². The van der Waals surface area contributed by atoms with Crippen LogP contribution in [0.25, 0.3) is 0 Å². The molecule has 0 amide bonds. The minimum atomic E-state index is -0.604. The Kier molecular flexibility index (Phi) is 4.60. The predicted octanol–water partition coefficient (Wildman–Crippen LogP) is 4.57. The molecule has 2 heterocycles. The lowest BCUT2D eigenvalue weighted by molar-refractivity contribution is 0.566. The normalized spacial score (nSPS) is 17.1. The zero-order chi connectivity index (χ0) is 20.8. The number of hydrogen-bond acceptors (Lipinski definition) is 6. The molecule has 0 saturated heterocycles. The van der Waals surface area contributed by atoms with Crippen molar-refractivity contribution in [3.8, 4) is 0 Å². The van der Waals surface area contributed by atoms with Crippen LogP contribution in [0.2, 0.25) is 0 Å². The first-order valence-corrected chi connectivity index (χ1v) is 10.2. The van der Waals surface area contributed by atoms with Crippen LogP contribution in [-0.4, -0.2) is 32.2 Å². The van der Waals surface area contributed by atoms with Gasteiger partial charge in [0.25, 0.3) is 0 Å². The van der Waals surface area contributed by atoms with Crippen molar-refractivity contribution in [3.05, 3.63) is 53.0 Å². The van der Waals surface area contributed by atoms with Crippen LogP contribution in [0, 0.1) is 11.6 Å². The third-order valence-corrected chi connectivity index (χ3v) is 5.60. The molecule has 0 bridgehead atoms. The third kappa shape index (κ3) is 3.83. The second-order valence-corrected chi connectivity index (χ2v) is 8.14. The molecule has 1 unspecified atom stereocenters. The Morgan fingerprint density at radius 2 is 1.83 bits per heavy atom. The molecule has 1 aromatic carbocycles. The summed E-state index contributed by atoms with van der Waals surface area (Å²) in [6.45, 7) is 1.79. The number of benzene rings is 1. The number of aromatic amines is 1. The lowest BCUT2D eigenvalue weighted by Crippen LogP contribution is -2.18. The largest absolute Gasteiger partial charge is 0.347 e. The Morgan fingerprint density at radius 1 is 1.07 bits per heavy atom. The summed E-state index contributed by atoms with van der Waals surface area (Å²) in [5.74, 6) is 2.00. The number of H-pyrrole nitrogens is 1. The molecule has 2 saturated carbocycles. The summed E-state index contributed by atoms with van der Waals surface area (Å²) in [6.07, 6.45) is 4.47. The van der Waals surface area contributed by atoms with Gasteiger partial charge in [0.1, 0.15) is 17.5 Å². The fourth-order valence-electron chi connectivity index (χ4n) is 3.45. The minimum absolute atomic E-state index is 0.319. The summed E-state index contributed by atoms with van der Waals surface area (Å²) in [4.78, 5) is 15.5. The molecule has 3 aromatic rings. The maximum absolute atomic E-state index is 14.2. The maximum Gasteiger partial charge on any atom is 0.235 e. The van der Waals surface area contributed by atoms with Gasteiger partial charge < -0.3 is 5.32 Å². The summed E-state index contributed by atoms with van der Waals surface area (Å²) >= 11 is 0. The average molecular weight is 411 g/mol. The molecule has 0 radical (unpaired) electrons. The van der Waals surface area contributed by atoms with Crippen molar-refractivity contribution < 1.29 is 8.78 Å². The van der Waals surface area contributed by atoms with Crippen molar-refractivity contribution >= 4 is 17.7 Å². The number of hydrogen-bond donors (Lipinski definition) is 2. The first-order chi connectivity index (χ1) is 14.5. The molecular formula is C21H23F2N7. The molecule has 2 fully saturated rings. The van der Waals surface area contributed by atoms with E-state index in [2.05, 4.69) is 30.5 Å². The van der Waals surface area contributed by atoms with E-state index in [1.807, 2.05) is 18.0 Å². The van der Waals surface area contributed by atoms with Crippen molar-refractivity contribution in [2.45, 2.75) is 50.5 Å². The van der Waals surface area contributed by atoms with E-state index in [9.17, 15) is 8.78 Å². The quantitative estimate of drug-likeness (QED) is 0.593. The van der Waals surface area contributed by atoms with Crippen molar-refractivity contribution in [2.75, 3.05) is 17.3 Å². The number of rotatable bonds is 7. The van der Waals surface area contributed by atoms with Gasteiger partial charge in [-0.05, 0) is 38.7 Å². The van der Waals surface area contributed by atoms with E-state index < -0.39 is 17.7 Å². The molecule has 2 aliphatic carbocycles. The van der Waals surface area contributed by atoms with Crippen LogP contribution in [0.1, 0.15) is 67.6 Å². The van der Waals surface area contributed by atoms with E-state index in [1.54, 1.807) is 6.92 Å². The van der Waals surface area contributed by atoms with Gasteiger partial charge in [0, 0.05) is 42.3 Å². The Labute approximate surface area is 173 Å².